The molecule has 24 heavy (non-hydrogen) atoms. The van der Waals surface area contributed by atoms with E-state index < -0.39 is 28.5 Å². The number of nitriles is 1. The summed E-state index contributed by atoms with van der Waals surface area (Å²) in [6, 6.07) is 6.42. The van der Waals surface area contributed by atoms with Gasteiger partial charge in [-0.2, -0.15) is 5.26 Å². The molecular formula is C14H10F3N3O4. The molecule has 1 aromatic rings. The number of nitrogens with one attached hydrogen (secondary N) is 1. The molecule has 2 rings (SSSR count). The van der Waals surface area contributed by atoms with E-state index in [1.165, 1.54) is 18.3 Å². The first-order valence-corrected chi connectivity index (χ1v) is 6.38. The molecule has 10 heteroatoms. The van der Waals surface area contributed by atoms with Crippen LogP contribution in [0.25, 0.3) is 5.57 Å². The quantitative estimate of drug-likeness (QED) is 0.668. The van der Waals surface area contributed by atoms with Crippen molar-refractivity contribution in [2.45, 2.75) is 12.1 Å². The fourth-order valence-electron chi connectivity index (χ4n) is 2.04. The molecule has 1 aliphatic rings. The summed E-state index contributed by atoms with van der Waals surface area (Å²) in [5.74, 6) is -0.419. The number of alkyl halides is 3. The molecule has 126 valence electrons. The minimum atomic E-state index is -4.81. The third kappa shape index (κ3) is 3.47. The summed E-state index contributed by atoms with van der Waals surface area (Å²) in [4.78, 5) is 10.4. The largest absolute Gasteiger partial charge is 0.573 e. The van der Waals surface area contributed by atoms with E-state index in [1.807, 2.05) is 0 Å². The van der Waals surface area contributed by atoms with Gasteiger partial charge >= 0.3 is 17.8 Å². The Balaban J connectivity index is 2.32. The Labute approximate surface area is 133 Å². The van der Waals surface area contributed by atoms with E-state index in [9.17, 15) is 23.3 Å². The predicted molar refractivity (Wildman–Crippen MR) is 74.7 cm³/mol. The third-order valence-electron chi connectivity index (χ3n) is 3.17. The maximum Gasteiger partial charge on any atom is 0.573 e. The molecule has 1 atom stereocenters. The van der Waals surface area contributed by atoms with Gasteiger partial charge in [-0.15, -0.1) is 13.2 Å². The highest BCUT2D eigenvalue weighted by Crippen LogP contribution is 2.30. The summed E-state index contributed by atoms with van der Waals surface area (Å²) in [6.07, 6.45) is -2.39. The summed E-state index contributed by atoms with van der Waals surface area (Å²) in [7, 11) is 1.13. The lowest BCUT2D eigenvalue weighted by Crippen LogP contribution is -2.48. The van der Waals surface area contributed by atoms with E-state index >= 15 is 0 Å². The van der Waals surface area contributed by atoms with Crippen LogP contribution in [0.2, 0.25) is 0 Å². The van der Waals surface area contributed by atoms with Gasteiger partial charge in [0.05, 0.1) is 4.92 Å². The highest BCUT2D eigenvalue weighted by molar-refractivity contribution is 5.76. The molecular weight excluding hydrogens is 331 g/mol. The minimum absolute atomic E-state index is 0.295. The maximum absolute atomic E-state index is 12.1. The number of hydrogen-bond acceptors (Lipinski definition) is 6. The summed E-state index contributed by atoms with van der Waals surface area (Å²) in [6.45, 7) is 0. The van der Waals surface area contributed by atoms with Crippen LogP contribution in [0.15, 0.2) is 42.2 Å². The molecule has 7 nitrogen and oxygen atoms in total. The summed E-state index contributed by atoms with van der Waals surface area (Å²) >= 11 is 0. The van der Waals surface area contributed by atoms with Crippen molar-refractivity contribution in [3.05, 3.63) is 57.9 Å². The van der Waals surface area contributed by atoms with Crippen LogP contribution >= 0.6 is 0 Å². The second-order valence-corrected chi connectivity index (χ2v) is 4.60. The lowest BCUT2D eigenvalue weighted by atomic mass is 9.99. The molecule has 0 spiro atoms. The lowest BCUT2D eigenvalue weighted by Gasteiger charge is -2.26. The molecule has 1 aliphatic heterocycles. The number of rotatable bonds is 4. The highest BCUT2D eigenvalue weighted by Gasteiger charge is 2.45. The van der Waals surface area contributed by atoms with Crippen LogP contribution in [0.5, 0.6) is 5.75 Å². The van der Waals surface area contributed by atoms with Gasteiger partial charge in [0.25, 0.3) is 0 Å². The van der Waals surface area contributed by atoms with Crippen molar-refractivity contribution in [1.82, 2.24) is 5.32 Å². The zero-order valence-electron chi connectivity index (χ0n) is 12.1. The number of allylic oxidation sites excluding steroid dienone is 2. The molecule has 0 aromatic heterocycles. The van der Waals surface area contributed by atoms with E-state index in [0.717, 1.165) is 25.3 Å². The third-order valence-corrected chi connectivity index (χ3v) is 3.17. The lowest BCUT2D eigenvalue weighted by molar-refractivity contribution is -0.443. The number of halogens is 3. The topological polar surface area (TPSA) is 97.4 Å². The number of ether oxygens (including phenoxy) is 2. The summed E-state index contributed by atoms with van der Waals surface area (Å²) in [5, 5.41) is 22.8. The molecule has 0 aliphatic carbocycles. The van der Waals surface area contributed by atoms with Crippen LogP contribution in [0.4, 0.5) is 13.2 Å². The van der Waals surface area contributed by atoms with Gasteiger partial charge in [-0.05, 0) is 17.7 Å². The maximum atomic E-state index is 12.1. The molecule has 1 unspecified atom stereocenters. The zero-order valence-corrected chi connectivity index (χ0v) is 12.1. The molecule has 1 N–H and O–H groups in total. The molecule has 1 aromatic carbocycles. The van der Waals surface area contributed by atoms with Crippen molar-refractivity contribution in [1.29, 1.82) is 5.26 Å². The van der Waals surface area contributed by atoms with Crippen LogP contribution in [-0.2, 0) is 4.74 Å². The Hall–Kier alpha value is -3.06. The van der Waals surface area contributed by atoms with E-state index in [1.54, 1.807) is 6.07 Å². The van der Waals surface area contributed by atoms with Crippen molar-refractivity contribution in [2.75, 3.05) is 7.11 Å². The first kappa shape index (κ1) is 17.3. The van der Waals surface area contributed by atoms with Crippen molar-refractivity contribution in [3.8, 4) is 11.8 Å². The van der Waals surface area contributed by atoms with Gasteiger partial charge in [0, 0.05) is 25.0 Å². The number of methoxy groups -OCH3 is 1. The van der Waals surface area contributed by atoms with Crippen LogP contribution in [-0.4, -0.2) is 24.1 Å². The number of dihydropyridines is 1. The fourth-order valence-corrected chi connectivity index (χ4v) is 2.04. The van der Waals surface area contributed by atoms with Crippen molar-refractivity contribution < 1.29 is 27.6 Å². The Morgan fingerprint density at radius 1 is 1.33 bits per heavy atom. The van der Waals surface area contributed by atoms with Crippen LogP contribution in [0.3, 0.4) is 0 Å². The van der Waals surface area contributed by atoms with Gasteiger partial charge in [-0.3, -0.25) is 10.1 Å². The van der Waals surface area contributed by atoms with Gasteiger partial charge in [0.15, 0.2) is 0 Å². The number of benzene rings is 1. The van der Waals surface area contributed by atoms with Gasteiger partial charge in [0.1, 0.15) is 11.8 Å². The van der Waals surface area contributed by atoms with Crippen LogP contribution in [0.1, 0.15) is 5.56 Å². The fraction of sp³-hybridized carbons (Fsp3) is 0.214. The van der Waals surface area contributed by atoms with Crippen molar-refractivity contribution in [3.63, 3.8) is 0 Å². The molecule has 0 saturated heterocycles. The Morgan fingerprint density at radius 3 is 2.42 bits per heavy atom. The Morgan fingerprint density at radius 2 is 1.96 bits per heavy atom. The second-order valence-electron chi connectivity index (χ2n) is 4.60. The predicted octanol–water partition coefficient (Wildman–Crippen LogP) is 2.56. The highest BCUT2D eigenvalue weighted by atomic mass is 19.4. The van der Waals surface area contributed by atoms with E-state index in [2.05, 4.69) is 10.1 Å². The molecule has 0 radical (unpaired) electrons. The summed E-state index contributed by atoms with van der Waals surface area (Å²) < 4.78 is 45.0. The Kier molecular flexibility index (Phi) is 4.48. The molecule has 1 heterocycles. The first-order valence-electron chi connectivity index (χ1n) is 6.38. The van der Waals surface area contributed by atoms with Gasteiger partial charge in [-0.1, -0.05) is 12.1 Å². The van der Waals surface area contributed by atoms with E-state index in [-0.39, 0.29) is 0 Å². The SMILES string of the molecule is COC1(C#N)NC=C(c2ccc(OC(F)(F)F)cc2)C=C1[N+](=O)[O-]. The van der Waals surface area contributed by atoms with Crippen LogP contribution < -0.4 is 10.1 Å². The first-order chi connectivity index (χ1) is 11.2. The standard InChI is InChI=1S/C14H10F3N3O4/c1-23-13(8-18)12(20(21)22)6-10(7-19-13)9-2-4-11(5-3-9)24-14(15,16)17/h2-7,19H,1H3. The smallest absolute Gasteiger partial charge is 0.406 e. The normalized spacial score (nSPS) is 20.3. The van der Waals surface area contributed by atoms with Crippen LogP contribution in [0, 0.1) is 21.4 Å². The second kappa shape index (κ2) is 6.21. The van der Waals surface area contributed by atoms with Gasteiger partial charge < -0.3 is 14.8 Å². The molecule has 0 bridgehead atoms. The monoisotopic (exact) mass is 341 g/mol. The summed E-state index contributed by atoms with van der Waals surface area (Å²) in [5.41, 5.74) is -1.80. The molecule has 0 amide bonds. The van der Waals surface area contributed by atoms with Crippen molar-refractivity contribution >= 4 is 5.57 Å². The van der Waals surface area contributed by atoms with Crippen molar-refractivity contribution in [2.24, 2.45) is 0 Å². The average Bonchev–Trinajstić information content (AvgIpc) is 2.53. The van der Waals surface area contributed by atoms with Gasteiger partial charge in [0.2, 0.25) is 0 Å². The van der Waals surface area contributed by atoms with E-state index in [0.29, 0.717) is 11.1 Å². The van der Waals surface area contributed by atoms with Gasteiger partial charge in [-0.25, -0.2) is 0 Å². The number of hydrogen-bond donors (Lipinski definition) is 1. The number of nitrogens with zero attached hydrogens (tertiary/aromatic N) is 2. The van der Waals surface area contributed by atoms with E-state index in [4.69, 9.17) is 10.00 Å². The molecule has 0 fully saturated rings. The molecule has 0 saturated carbocycles. The minimum Gasteiger partial charge on any atom is -0.406 e. The number of nitro groups is 1. The zero-order chi connectivity index (χ0) is 18.0. The average molecular weight is 341 g/mol. The Bertz CT molecular complexity index is 750.